The van der Waals surface area contributed by atoms with Crippen LogP contribution in [0.4, 0.5) is 0 Å². The van der Waals surface area contributed by atoms with Crippen LogP contribution < -0.4 is 5.32 Å². The minimum absolute atomic E-state index is 0.260. The highest BCUT2D eigenvalue weighted by atomic mass is 16.2. The van der Waals surface area contributed by atoms with Gasteiger partial charge in [-0.3, -0.25) is 9.69 Å². The lowest BCUT2D eigenvalue weighted by Crippen LogP contribution is -2.57. The van der Waals surface area contributed by atoms with Gasteiger partial charge in [0.2, 0.25) is 5.91 Å². The van der Waals surface area contributed by atoms with E-state index >= 15 is 0 Å². The molecule has 1 N–H and O–H groups in total. The molecular weight excluding hydrogens is 322 g/mol. The van der Waals surface area contributed by atoms with E-state index in [9.17, 15) is 4.79 Å². The fraction of sp³-hybridized carbons (Fsp3) is 0.409. The van der Waals surface area contributed by atoms with Gasteiger partial charge in [0.1, 0.15) is 0 Å². The standard InChI is InChI=1S/C22H25N3O/c26-21-14-23-11-13-25(21)16-6-5-12-24(15-16)22-19-9-3-1-7-17(19)18-8-2-4-10-20(18)22/h1-4,7-10,16,22-23H,5-6,11-15H2. The predicted molar refractivity (Wildman–Crippen MR) is 103 cm³/mol. The average Bonchev–Trinajstić information content (AvgIpc) is 3.03. The topological polar surface area (TPSA) is 35.6 Å². The van der Waals surface area contributed by atoms with Crippen molar-refractivity contribution in [3.05, 3.63) is 59.7 Å². The van der Waals surface area contributed by atoms with Crippen LogP contribution in [0.1, 0.15) is 30.0 Å². The Morgan fingerprint density at radius 3 is 2.31 bits per heavy atom. The smallest absolute Gasteiger partial charge is 0.236 e. The monoisotopic (exact) mass is 347 g/mol. The first kappa shape index (κ1) is 16.0. The van der Waals surface area contributed by atoms with E-state index in [1.165, 1.54) is 22.3 Å². The van der Waals surface area contributed by atoms with Crippen LogP contribution in [0.15, 0.2) is 48.5 Å². The van der Waals surface area contributed by atoms with Gasteiger partial charge in [-0.2, -0.15) is 0 Å². The van der Waals surface area contributed by atoms with Gasteiger partial charge in [0.05, 0.1) is 12.6 Å². The zero-order valence-electron chi connectivity index (χ0n) is 15.0. The molecule has 1 aliphatic carbocycles. The molecule has 3 aliphatic rings. The summed E-state index contributed by atoms with van der Waals surface area (Å²) in [4.78, 5) is 17.1. The zero-order valence-corrected chi connectivity index (χ0v) is 15.0. The van der Waals surface area contributed by atoms with Gasteiger partial charge in [-0.25, -0.2) is 0 Å². The van der Waals surface area contributed by atoms with Crippen LogP contribution >= 0.6 is 0 Å². The number of piperidine rings is 1. The number of carbonyl (C=O) groups excluding carboxylic acids is 1. The highest BCUT2D eigenvalue weighted by Crippen LogP contribution is 2.46. The molecule has 0 aromatic heterocycles. The Balaban J connectivity index is 1.47. The van der Waals surface area contributed by atoms with Crippen molar-refractivity contribution in [2.75, 3.05) is 32.7 Å². The summed E-state index contributed by atoms with van der Waals surface area (Å²) in [5.74, 6) is 0.260. The summed E-state index contributed by atoms with van der Waals surface area (Å²) in [6.07, 6.45) is 2.28. The molecule has 2 heterocycles. The molecular formula is C22H25N3O. The number of nitrogens with zero attached hydrogens (tertiary/aromatic N) is 2. The molecule has 0 saturated carbocycles. The van der Waals surface area contributed by atoms with E-state index in [0.717, 1.165) is 39.0 Å². The maximum absolute atomic E-state index is 12.4. The van der Waals surface area contributed by atoms with E-state index < -0.39 is 0 Å². The molecule has 1 amide bonds. The molecule has 4 nitrogen and oxygen atoms in total. The second-order valence-electron chi connectivity index (χ2n) is 7.63. The number of benzene rings is 2. The minimum atomic E-state index is 0.260. The molecule has 26 heavy (non-hydrogen) atoms. The molecule has 2 fully saturated rings. The summed E-state index contributed by atoms with van der Waals surface area (Å²) >= 11 is 0. The Hall–Kier alpha value is -2.17. The summed E-state index contributed by atoms with van der Waals surface area (Å²) in [7, 11) is 0. The number of hydrogen-bond donors (Lipinski definition) is 1. The second kappa shape index (κ2) is 6.53. The van der Waals surface area contributed by atoms with Crippen LogP contribution in [0.25, 0.3) is 11.1 Å². The number of amides is 1. The van der Waals surface area contributed by atoms with Crippen molar-refractivity contribution in [2.24, 2.45) is 0 Å². The van der Waals surface area contributed by atoms with Gasteiger partial charge < -0.3 is 10.2 Å². The normalized spacial score (nSPS) is 23.8. The van der Waals surface area contributed by atoms with Gasteiger partial charge in [0.15, 0.2) is 0 Å². The second-order valence-corrected chi connectivity index (χ2v) is 7.63. The third-order valence-corrected chi connectivity index (χ3v) is 6.16. The number of likely N-dealkylation sites (tertiary alicyclic amines) is 1. The van der Waals surface area contributed by atoms with E-state index in [1.54, 1.807) is 0 Å². The van der Waals surface area contributed by atoms with Crippen LogP contribution in [0.5, 0.6) is 0 Å². The Morgan fingerprint density at radius 1 is 0.923 bits per heavy atom. The van der Waals surface area contributed by atoms with Crippen LogP contribution in [0, 0.1) is 0 Å². The fourth-order valence-electron chi connectivity index (χ4n) is 5.00. The summed E-state index contributed by atoms with van der Waals surface area (Å²) in [6, 6.07) is 18.3. The molecule has 4 heteroatoms. The van der Waals surface area contributed by atoms with Gasteiger partial charge in [-0.05, 0) is 41.6 Å². The summed E-state index contributed by atoms with van der Waals surface area (Å²) in [5.41, 5.74) is 5.57. The first-order valence-electron chi connectivity index (χ1n) is 9.75. The predicted octanol–water partition coefficient (Wildman–Crippen LogP) is 2.65. The van der Waals surface area contributed by atoms with Gasteiger partial charge >= 0.3 is 0 Å². The minimum Gasteiger partial charge on any atom is -0.336 e. The van der Waals surface area contributed by atoms with Gasteiger partial charge in [0.25, 0.3) is 0 Å². The number of fused-ring (bicyclic) bond motifs is 3. The summed E-state index contributed by atoms with van der Waals surface area (Å²) in [5, 5.41) is 3.19. The quantitative estimate of drug-likeness (QED) is 0.907. The molecule has 134 valence electrons. The molecule has 2 aliphatic heterocycles. The van der Waals surface area contributed by atoms with Crippen molar-refractivity contribution in [1.82, 2.24) is 15.1 Å². The molecule has 1 unspecified atom stereocenters. The SMILES string of the molecule is O=C1CNCCN1C1CCCN(C2c3ccccc3-c3ccccc32)C1. The van der Waals surface area contributed by atoms with Crippen molar-refractivity contribution in [2.45, 2.75) is 24.9 Å². The van der Waals surface area contributed by atoms with E-state index in [4.69, 9.17) is 0 Å². The van der Waals surface area contributed by atoms with Crippen LogP contribution in [0.2, 0.25) is 0 Å². The van der Waals surface area contributed by atoms with Crippen LogP contribution in [-0.4, -0.2) is 54.5 Å². The Morgan fingerprint density at radius 2 is 1.62 bits per heavy atom. The number of hydrogen-bond acceptors (Lipinski definition) is 3. The maximum Gasteiger partial charge on any atom is 0.236 e. The van der Waals surface area contributed by atoms with E-state index in [0.29, 0.717) is 18.6 Å². The van der Waals surface area contributed by atoms with Crippen molar-refractivity contribution in [3.63, 3.8) is 0 Å². The summed E-state index contributed by atoms with van der Waals surface area (Å²) < 4.78 is 0. The van der Waals surface area contributed by atoms with Gasteiger partial charge in [-0.1, -0.05) is 48.5 Å². The number of piperazine rings is 1. The van der Waals surface area contributed by atoms with E-state index in [2.05, 4.69) is 63.6 Å². The van der Waals surface area contributed by atoms with Crippen LogP contribution in [0.3, 0.4) is 0 Å². The fourth-order valence-corrected chi connectivity index (χ4v) is 5.00. The lowest BCUT2D eigenvalue weighted by Gasteiger charge is -2.43. The average molecular weight is 347 g/mol. The Bertz CT molecular complexity index is 788. The molecule has 2 aromatic rings. The molecule has 2 saturated heterocycles. The number of nitrogens with one attached hydrogen (secondary N) is 1. The van der Waals surface area contributed by atoms with Gasteiger partial charge in [-0.15, -0.1) is 0 Å². The van der Waals surface area contributed by atoms with Crippen LogP contribution in [-0.2, 0) is 4.79 Å². The largest absolute Gasteiger partial charge is 0.336 e. The van der Waals surface area contributed by atoms with E-state index in [1.807, 2.05) is 0 Å². The molecule has 0 radical (unpaired) electrons. The van der Waals surface area contributed by atoms with E-state index in [-0.39, 0.29) is 5.91 Å². The number of carbonyl (C=O) groups is 1. The molecule has 0 spiro atoms. The Kier molecular flexibility index (Phi) is 4.03. The lowest BCUT2D eigenvalue weighted by molar-refractivity contribution is -0.135. The molecule has 2 aromatic carbocycles. The van der Waals surface area contributed by atoms with Crippen molar-refractivity contribution >= 4 is 5.91 Å². The van der Waals surface area contributed by atoms with Gasteiger partial charge in [0, 0.05) is 25.7 Å². The molecule has 1 atom stereocenters. The highest BCUT2D eigenvalue weighted by Gasteiger charge is 2.37. The molecule has 0 bridgehead atoms. The molecule has 5 rings (SSSR count). The summed E-state index contributed by atoms with van der Waals surface area (Å²) in [6.45, 7) is 4.32. The third-order valence-electron chi connectivity index (χ3n) is 6.16. The zero-order chi connectivity index (χ0) is 17.5. The lowest BCUT2D eigenvalue weighted by atomic mass is 9.97. The van der Waals surface area contributed by atoms with Crippen molar-refractivity contribution in [3.8, 4) is 11.1 Å². The first-order valence-corrected chi connectivity index (χ1v) is 9.75. The maximum atomic E-state index is 12.4. The Labute approximate surface area is 154 Å². The highest BCUT2D eigenvalue weighted by molar-refractivity contribution is 5.80. The number of rotatable bonds is 2. The first-order chi connectivity index (χ1) is 12.8. The van der Waals surface area contributed by atoms with Crippen molar-refractivity contribution in [1.29, 1.82) is 0 Å². The van der Waals surface area contributed by atoms with Crippen molar-refractivity contribution < 1.29 is 4.79 Å². The third kappa shape index (κ3) is 2.56.